The number of nitrogens with zero attached hydrogens (tertiary/aromatic N) is 4. The second-order valence-electron chi connectivity index (χ2n) is 7.63. The third-order valence-electron chi connectivity index (χ3n) is 5.79. The van der Waals surface area contributed by atoms with Crippen molar-refractivity contribution in [3.8, 4) is 0 Å². The Morgan fingerprint density at radius 1 is 1.00 bits per heavy atom. The van der Waals surface area contributed by atoms with Crippen molar-refractivity contribution in [2.45, 2.75) is 32.6 Å². The molecule has 0 spiro atoms. The zero-order chi connectivity index (χ0) is 19.1. The first-order valence-corrected chi connectivity index (χ1v) is 10.9. The van der Waals surface area contributed by atoms with Gasteiger partial charge in [0.1, 0.15) is 16.5 Å². The van der Waals surface area contributed by atoms with Crippen molar-refractivity contribution in [3.63, 3.8) is 0 Å². The molecule has 1 amide bonds. The van der Waals surface area contributed by atoms with E-state index in [-0.39, 0.29) is 5.91 Å². The smallest absolute Gasteiger partial charge is 0.253 e. The van der Waals surface area contributed by atoms with E-state index < -0.39 is 0 Å². The van der Waals surface area contributed by atoms with E-state index in [1.165, 1.54) is 35.1 Å². The largest absolute Gasteiger partial charge is 0.352 e. The van der Waals surface area contributed by atoms with Gasteiger partial charge < -0.3 is 9.80 Å². The van der Waals surface area contributed by atoms with Crippen LogP contribution in [0.4, 0.5) is 5.82 Å². The summed E-state index contributed by atoms with van der Waals surface area (Å²) in [5.41, 5.74) is 2.24. The molecule has 0 radical (unpaired) electrons. The molecular formula is C22H24N4OS. The van der Waals surface area contributed by atoms with Crippen LogP contribution in [0.25, 0.3) is 10.2 Å². The fraction of sp³-hybridized carbons (Fsp3) is 0.409. The number of piperazine rings is 1. The predicted molar refractivity (Wildman–Crippen MR) is 113 cm³/mol. The first-order valence-electron chi connectivity index (χ1n) is 10.1. The topological polar surface area (TPSA) is 49.3 Å². The lowest BCUT2D eigenvalue weighted by atomic mass is 9.97. The van der Waals surface area contributed by atoms with E-state index in [1.807, 2.05) is 53.5 Å². The summed E-state index contributed by atoms with van der Waals surface area (Å²) in [7, 11) is 0. The molecule has 144 valence electrons. The van der Waals surface area contributed by atoms with Crippen molar-refractivity contribution in [2.75, 3.05) is 31.1 Å². The molecule has 28 heavy (non-hydrogen) atoms. The second kappa shape index (κ2) is 7.17. The SMILES string of the molecule is Cc1nc(N2CCN(C(=O)c3ccccc3)CC2)c2c3c(sc2n1)CCCC3. The molecule has 3 heterocycles. The molecule has 1 aromatic carbocycles. The van der Waals surface area contributed by atoms with Gasteiger partial charge >= 0.3 is 0 Å². The van der Waals surface area contributed by atoms with Crippen LogP contribution in [0, 0.1) is 6.92 Å². The highest BCUT2D eigenvalue weighted by Crippen LogP contribution is 2.39. The van der Waals surface area contributed by atoms with E-state index in [2.05, 4.69) is 4.90 Å². The normalized spacial score (nSPS) is 17.0. The molecule has 5 nitrogen and oxygen atoms in total. The molecule has 0 bridgehead atoms. The van der Waals surface area contributed by atoms with E-state index in [1.54, 1.807) is 0 Å². The number of thiophene rings is 1. The van der Waals surface area contributed by atoms with Crippen LogP contribution in [0.1, 0.15) is 39.5 Å². The maximum Gasteiger partial charge on any atom is 0.253 e. The molecule has 2 aromatic heterocycles. The summed E-state index contributed by atoms with van der Waals surface area (Å²) in [6.45, 7) is 5.06. The van der Waals surface area contributed by atoms with E-state index in [0.717, 1.165) is 54.6 Å². The average molecular weight is 393 g/mol. The standard InChI is InChI=1S/C22H24N4OS/c1-15-23-20(19-17-9-5-6-10-18(17)28-21(19)24-15)25-11-13-26(14-12-25)22(27)16-7-3-2-4-8-16/h2-4,7-8H,5-6,9-14H2,1H3. The Morgan fingerprint density at radius 3 is 2.54 bits per heavy atom. The van der Waals surface area contributed by atoms with Crippen LogP contribution < -0.4 is 4.90 Å². The molecule has 2 aliphatic rings. The Kier molecular flexibility index (Phi) is 4.51. The van der Waals surface area contributed by atoms with E-state index in [4.69, 9.17) is 9.97 Å². The molecule has 1 saturated heterocycles. The first-order chi connectivity index (χ1) is 13.7. The van der Waals surface area contributed by atoms with E-state index >= 15 is 0 Å². The molecule has 1 fully saturated rings. The van der Waals surface area contributed by atoms with Gasteiger partial charge in [0.15, 0.2) is 0 Å². The van der Waals surface area contributed by atoms with Crippen LogP contribution in [-0.2, 0) is 12.8 Å². The average Bonchev–Trinajstić information content (AvgIpc) is 3.11. The number of fused-ring (bicyclic) bond motifs is 3. The molecule has 1 aliphatic heterocycles. The molecule has 3 aromatic rings. The number of hydrogen-bond acceptors (Lipinski definition) is 5. The predicted octanol–water partition coefficient (Wildman–Crippen LogP) is 3.84. The summed E-state index contributed by atoms with van der Waals surface area (Å²) < 4.78 is 0. The van der Waals surface area contributed by atoms with Crippen LogP contribution >= 0.6 is 11.3 Å². The monoisotopic (exact) mass is 392 g/mol. The summed E-state index contributed by atoms with van der Waals surface area (Å²) in [5.74, 6) is 2.04. The van der Waals surface area contributed by atoms with E-state index in [9.17, 15) is 4.79 Å². The van der Waals surface area contributed by atoms with Gasteiger partial charge in [-0.15, -0.1) is 11.3 Å². The third-order valence-corrected chi connectivity index (χ3v) is 6.98. The molecule has 5 rings (SSSR count). The number of carbonyl (C=O) groups excluding carboxylic acids is 1. The van der Waals surface area contributed by atoms with Crippen molar-refractivity contribution in [2.24, 2.45) is 0 Å². The molecule has 6 heteroatoms. The Bertz CT molecular complexity index is 1020. The summed E-state index contributed by atoms with van der Waals surface area (Å²) in [6.07, 6.45) is 4.85. The Hall–Kier alpha value is -2.47. The van der Waals surface area contributed by atoms with Gasteiger partial charge in [0, 0.05) is 36.6 Å². The third kappa shape index (κ3) is 3.05. The number of hydrogen-bond donors (Lipinski definition) is 0. The number of carbonyl (C=O) groups is 1. The second-order valence-corrected chi connectivity index (χ2v) is 8.71. The van der Waals surface area contributed by atoms with Crippen LogP contribution in [-0.4, -0.2) is 47.0 Å². The van der Waals surface area contributed by atoms with Crippen molar-refractivity contribution in [1.82, 2.24) is 14.9 Å². The summed E-state index contributed by atoms with van der Waals surface area (Å²) in [4.78, 5) is 29.3. The number of anilines is 1. The maximum atomic E-state index is 12.7. The van der Waals surface area contributed by atoms with Gasteiger partial charge in [-0.05, 0) is 50.3 Å². The molecule has 0 N–H and O–H groups in total. The fourth-order valence-electron chi connectivity index (χ4n) is 4.36. The molecule has 0 atom stereocenters. The van der Waals surface area contributed by atoms with Gasteiger partial charge in [-0.1, -0.05) is 18.2 Å². The van der Waals surface area contributed by atoms with Crippen molar-refractivity contribution < 1.29 is 4.79 Å². The zero-order valence-electron chi connectivity index (χ0n) is 16.1. The molecule has 0 saturated carbocycles. The molecular weight excluding hydrogens is 368 g/mol. The van der Waals surface area contributed by atoms with Crippen LogP contribution in [0.15, 0.2) is 30.3 Å². The van der Waals surface area contributed by atoms with Crippen LogP contribution in [0.3, 0.4) is 0 Å². The van der Waals surface area contributed by atoms with Crippen LogP contribution in [0.2, 0.25) is 0 Å². The highest BCUT2D eigenvalue weighted by Gasteiger charge is 2.27. The quantitative estimate of drug-likeness (QED) is 0.665. The van der Waals surface area contributed by atoms with E-state index in [0.29, 0.717) is 0 Å². The summed E-state index contributed by atoms with van der Waals surface area (Å²) in [6, 6.07) is 9.57. The maximum absolute atomic E-state index is 12.7. The van der Waals surface area contributed by atoms with Crippen molar-refractivity contribution in [1.29, 1.82) is 0 Å². The van der Waals surface area contributed by atoms with Gasteiger partial charge in [0.2, 0.25) is 0 Å². The van der Waals surface area contributed by atoms with Gasteiger partial charge in [-0.3, -0.25) is 4.79 Å². The van der Waals surface area contributed by atoms with Crippen LogP contribution in [0.5, 0.6) is 0 Å². The molecule has 0 unspecified atom stereocenters. The minimum absolute atomic E-state index is 0.122. The Balaban J connectivity index is 1.41. The zero-order valence-corrected chi connectivity index (χ0v) is 17.0. The summed E-state index contributed by atoms with van der Waals surface area (Å²) >= 11 is 1.85. The number of amides is 1. The number of aryl methyl sites for hydroxylation is 3. The number of rotatable bonds is 2. The van der Waals surface area contributed by atoms with Gasteiger partial charge in [-0.2, -0.15) is 0 Å². The van der Waals surface area contributed by atoms with Gasteiger partial charge in [-0.25, -0.2) is 9.97 Å². The van der Waals surface area contributed by atoms with Gasteiger partial charge in [0.05, 0.1) is 5.39 Å². The summed E-state index contributed by atoms with van der Waals surface area (Å²) in [5, 5.41) is 1.27. The minimum atomic E-state index is 0.122. The molecule has 1 aliphatic carbocycles. The van der Waals surface area contributed by atoms with Crippen molar-refractivity contribution in [3.05, 3.63) is 52.2 Å². The lowest BCUT2D eigenvalue weighted by molar-refractivity contribution is 0.0746. The minimum Gasteiger partial charge on any atom is -0.352 e. The first kappa shape index (κ1) is 17.6. The highest BCUT2D eigenvalue weighted by molar-refractivity contribution is 7.19. The Labute approximate surface area is 169 Å². The Morgan fingerprint density at radius 2 is 1.75 bits per heavy atom. The lowest BCUT2D eigenvalue weighted by Gasteiger charge is -2.36. The fourth-order valence-corrected chi connectivity index (χ4v) is 5.66. The van der Waals surface area contributed by atoms with Gasteiger partial charge in [0.25, 0.3) is 5.91 Å². The lowest BCUT2D eigenvalue weighted by Crippen LogP contribution is -2.49. The highest BCUT2D eigenvalue weighted by atomic mass is 32.1. The van der Waals surface area contributed by atoms with Crippen molar-refractivity contribution >= 4 is 33.3 Å². The number of benzene rings is 1. The number of aromatic nitrogens is 2.